The molecule has 2 aromatic carbocycles. The number of benzene rings is 2. The van der Waals surface area contributed by atoms with E-state index in [2.05, 4.69) is 5.32 Å². The molecule has 1 amide bonds. The summed E-state index contributed by atoms with van der Waals surface area (Å²) in [5.41, 5.74) is 1.28. The SMILES string of the molecule is CC(C)(COC(=O)Nc1ccccc1)CC(=O)Cc1ccccc1. The second-order valence-corrected chi connectivity index (χ2v) is 6.61. The molecule has 0 saturated carbocycles. The lowest BCUT2D eigenvalue weighted by molar-refractivity contribution is -0.120. The molecule has 0 aliphatic rings. The van der Waals surface area contributed by atoms with Crippen LogP contribution in [0.2, 0.25) is 0 Å². The molecule has 0 aliphatic carbocycles. The van der Waals surface area contributed by atoms with E-state index < -0.39 is 11.5 Å². The Labute approximate surface area is 142 Å². The van der Waals surface area contributed by atoms with E-state index in [-0.39, 0.29) is 12.4 Å². The van der Waals surface area contributed by atoms with Crippen molar-refractivity contribution in [1.29, 1.82) is 0 Å². The predicted octanol–water partition coefficient (Wildman–Crippen LogP) is 4.46. The molecule has 1 N–H and O–H groups in total. The molecule has 24 heavy (non-hydrogen) atoms. The van der Waals surface area contributed by atoms with Crippen LogP contribution in [0.1, 0.15) is 25.8 Å². The lowest BCUT2D eigenvalue weighted by Gasteiger charge is -2.23. The van der Waals surface area contributed by atoms with Gasteiger partial charge in [0.2, 0.25) is 0 Å². The summed E-state index contributed by atoms with van der Waals surface area (Å²) in [6.45, 7) is 4.03. The maximum Gasteiger partial charge on any atom is 0.411 e. The van der Waals surface area contributed by atoms with E-state index in [9.17, 15) is 9.59 Å². The van der Waals surface area contributed by atoms with Gasteiger partial charge in [-0.05, 0) is 17.7 Å². The summed E-state index contributed by atoms with van der Waals surface area (Å²) in [6.07, 6.45) is 0.255. The largest absolute Gasteiger partial charge is 0.449 e. The number of ether oxygens (including phenoxy) is 1. The van der Waals surface area contributed by atoms with Crippen molar-refractivity contribution >= 4 is 17.6 Å². The first-order chi connectivity index (χ1) is 11.4. The second-order valence-electron chi connectivity index (χ2n) is 6.61. The monoisotopic (exact) mass is 325 g/mol. The number of amides is 1. The lowest BCUT2D eigenvalue weighted by Crippen LogP contribution is -2.27. The van der Waals surface area contributed by atoms with E-state index in [0.29, 0.717) is 18.5 Å². The van der Waals surface area contributed by atoms with Gasteiger partial charge in [0, 0.05) is 23.9 Å². The molecule has 126 valence electrons. The number of nitrogens with one attached hydrogen (secondary N) is 1. The molecular weight excluding hydrogens is 302 g/mol. The first-order valence-electron chi connectivity index (χ1n) is 7.99. The molecule has 0 fully saturated rings. The van der Waals surface area contributed by atoms with Crippen molar-refractivity contribution in [3.8, 4) is 0 Å². The molecule has 0 saturated heterocycles. The first kappa shape index (κ1) is 17.7. The van der Waals surface area contributed by atoms with Crippen molar-refractivity contribution in [3.05, 3.63) is 66.2 Å². The normalized spacial score (nSPS) is 10.9. The van der Waals surface area contributed by atoms with Crippen molar-refractivity contribution in [1.82, 2.24) is 0 Å². The molecule has 0 aromatic heterocycles. The van der Waals surface area contributed by atoms with E-state index in [1.807, 2.05) is 62.4 Å². The van der Waals surface area contributed by atoms with Crippen LogP contribution in [0.5, 0.6) is 0 Å². The zero-order valence-corrected chi connectivity index (χ0v) is 14.1. The third-order valence-electron chi connectivity index (χ3n) is 3.53. The average molecular weight is 325 g/mol. The molecule has 0 radical (unpaired) electrons. The number of Topliss-reactive ketones (excluding diaryl/α,β-unsaturated/α-hetero) is 1. The fourth-order valence-electron chi connectivity index (χ4n) is 2.41. The van der Waals surface area contributed by atoms with E-state index in [0.717, 1.165) is 5.56 Å². The number of carbonyl (C=O) groups excluding carboxylic acids is 2. The van der Waals surface area contributed by atoms with Crippen LogP contribution in [0, 0.1) is 5.41 Å². The summed E-state index contributed by atoms with van der Waals surface area (Å²) >= 11 is 0. The zero-order valence-electron chi connectivity index (χ0n) is 14.1. The minimum atomic E-state index is -0.509. The van der Waals surface area contributed by atoms with E-state index in [1.54, 1.807) is 12.1 Å². The van der Waals surface area contributed by atoms with Crippen LogP contribution in [0.25, 0.3) is 0 Å². The topological polar surface area (TPSA) is 55.4 Å². The Balaban J connectivity index is 1.78. The van der Waals surface area contributed by atoms with Gasteiger partial charge in [-0.3, -0.25) is 10.1 Å². The lowest BCUT2D eigenvalue weighted by atomic mass is 9.86. The molecule has 0 heterocycles. The van der Waals surface area contributed by atoms with Crippen molar-refractivity contribution in [2.24, 2.45) is 5.41 Å². The van der Waals surface area contributed by atoms with Crippen LogP contribution in [0.3, 0.4) is 0 Å². The molecule has 2 rings (SSSR count). The second kappa shape index (κ2) is 8.29. The Kier molecular flexibility index (Phi) is 6.13. The van der Waals surface area contributed by atoms with E-state index in [4.69, 9.17) is 4.74 Å². The molecule has 0 aliphatic heterocycles. The Hall–Kier alpha value is -2.62. The molecule has 0 atom stereocenters. The molecule has 0 unspecified atom stereocenters. The third-order valence-corrected chi connectivity index (χ3v) is 3.53. The highest BCUT2D eigenvalue weighted by Crippen LogP contribution is 2.22. The van der Waals surface area contributed by atoms with Gasteiger partial charge in [-0.2, -0.15) is 0 Å². The molecule has 0 bridgehead atoms. The van der Waals surface area contributed by atoms with E-state index >= 15 is 0 Å². The number of hydrogen-bond donors (Lipinski definition) is 1. The maximum atomic E-state index is 12.2. The summed E-state index contributed by atoms with van der Waals surface area (Å²) in [7, 11) is 0. The van der Waals surface area contributed by atoms with Crippen molar-refractivity contribution in [3.63, 3.8) is 0 Å². The number of anilines is 1. The van der Waals surface area contributed by atoms with Crippen LogP contribution in [-0.4, -0.2) is 18.5 Å². The van der Waals surface area contributed by atoms with Crippen LogP contribution in [0.4, 0.5) is 10.5 Å². The Morgan fingerprint density at radius 3 is 2.17 bits per heavy atom. The Morgan fingerprint density at radius 1 is 0.958 bits per heavy atom. The Bertz CT molecular complexity index is 666. The minimum absolute atomic E-state index is 0.137. The number of ketones is 1. The van der Waals surface area contributed by atoms with Gasteiger partial charge < -0.3 is 4.74 Å². The quantitative estimate of drug-likeness (QED) is 0.817. The maximum absolute atomic E-state index is 12.2. The first-order valence-corrected chi connectivity index (χ1v) is 7.99. The van der Waals surface area contributed by atoms with E-state index in [1.165, 1.54) is 0 Å². The van der Waals surface area contributed by atoms with Crippen molar-refractivity contribution < 1.29 is 14.3 Å². The summed E-state index contributed by atoms with van der Waals surface area (Å²) in [6, 6.07) is 18.8. The van der Waals surface area contributed by atoms with Gasteiger partial charge in [0.25, 0.3) is 0 Å². The number of rotatable bonds is 7. The summed E-state index contributed by atoms with van der Waals surface area (Å²) in [4.78, 5) is 24.0. The zero-order chi connectivity index (χ0) is 17.4. The third kappa shape index (κ3) is 6.24. The number of para-hydroxylation sites is 1. The van der Waals surface area contributed by atoms with Gasteiger partial charge in [0.15, 0.2) is 0 Å². The van der Waals surface area contributed by atoms with Gasteiger partial charge in [-0.25, -0.2) is 4.79 Å². The highest BCUT2D eigenvalue weighted by molar-refractivity contribution is 5.84. The fraction of sp³-hybridized carbons (Fsp3) is 0.300. The Morgan fingerprint density at radius 2 is 1.54 bits per heavy atom. The average Bonchev–Trinajstić information content (AvgIpc) is 2.54. The summed E-state index contributed by atoms with van der Waals surface area (Å²) < 4.78 is 5.26. The van der Waals surface area contributed by atoms with Gasteiger partial charge in [0.1, 0.15) is 5.78 Å². The number of carbonyl (C=O) groups is 2. The van der Waals surface area contributed by atoms with Crippen LogP contribution in [0.15, 0.2) is 60.7 Å². The summed E-state index contributed by atoms with van der Waals surface area (Å²) in [5.74, 6) is 0.137. The molecule has 0 spiro atoms. The van der Waals surface area contributed by atoms with Gasteiger partial charge >= 0.3 is 6.09 Å². The van der Waals surface area contributed by atoms with Crippen molar-refractivity contribution in [2.75, 3.05) is 11.9 Å². The molecule has 2 aromatic rings. The highest BCUT2D eigenvalue weighted by atomic mass is 16.5. The molecular formula is C20H23NO3. The molecule has 4 heteroatoms. The smallest absolute Gasteiger partial charge is 0.411 e. The minimum Gasteiger partial charge on any atom is -0.449 e. The van der Waals surface area contributed by atoms with Crippen molar-refractivity contribution in [2.45, 2.75) is 26.7 Å². The highest BCUT2D eigenvalue weighted by Gasteiger charge is 2.24. The van der Waals surface area contributed by atoms with Crippen LogP contribution in [-0.2, 0) is 16.0 Å². The summed E-state index contributed by atoms with van der Waals surface area (Å²) in [5, 5.41) is 2.66. The standard InChI is InChI=1S/C20H23NO3/c1-20(2,14-18(22)13-16-9-5-3-6-10-16)15-24-19(23)21-17-11-7-4-8-12-17/h3-12H,13-15H2,1-2H3,(H,21,23). The van der Waals surface area contributed by atoms with Crippen LogP contribution < -0.4 is 5.32 Å². The fourth-order valence-corrected chi connectivity index (χ4v) is 2.41. The molecule has 4 nitrogen and oxygen atoms in total. The number of hydrogen-bond acceptors (Lipinski definition) is 3. The van der Waals surface area contributed by atoms with Crippen LogP contribution >= 0.6 is 0 Å². The predicted molar refractivity (Wildman–Crippen MR) is 95.0 cm³/mol. The van der Waals surface area contributed by atoms with Gasteiger partial charge in [-0.1, -0.05) is 62.4 Å². The van der Waals surface area contributed by atoms with Gasteiger partial charge in [0.05, 0.1) is 6.61 Å². The van der Waals surface area contributed by atoms with Gasteiger partial charge in [-0.15, -0.1) is 0 Å².